The third-order valence-electron chi connectivity index (χ3n) is 1.15. The first-order valence-corrected chi connectivity index (χ1v) is 3.10. The van der Waals surface area contributed by atoms with Gasteiger partial charge in [-0.1, -0.05) is 0 Å². The average molecular weight is 140 g/mol. The predicted molar refractivity (Wildman–Crippen MR) is 37.5 cm³/mol. The highest BCUT2D eigenvalue weighted by atomic mass is 16.1. The van der Waals surface area contributed by atoms with Gasteiger partial charge in [0.2, 0.25) is 0 Å². The van der Waals surface area contributed by atoms with E-state index in [9.17, 15) is 4.79 Å². The molecule has 0 fully saturated rings. The number of carbonyl (C=O) groups is 1. The second-order valence-electron chi connectivity index (χ2n) is 2.40. The zero-order chi connectivity index (χ0) is 7.56. The van der Waals surface area contributed by atoms with Gasteiger partial charge >= 0.3 is 6.34 Å². The molecule has 0 atom stereocenters. The normalized spacial score (nSPS) is 15.8. The van der Waals surface area contributed by atoms with Crippen LogP contribution in [0, 0.1) is 0 Å². The van der Waals surface area contributed by atoms with Gasteiger partial charge in [-0.15, -0.1) is 4.90 Å². The molecule has 1 rings (SSSR count). The highest BCUT2D eigenvalue weighted by Crippen LogP contribution is 1.96. The summed E-state index contributed by atoms with van der Waals surface area (Å²) in [4.78, 5) is 12.3. The molecule has 0 aromatic rings. The molecule has 0 bridgehead atoms. The fraction of sp³-hybridized carbons (Fsp3) is 0.667. The Bertz CT molecular complexity index is 166. The van der Waals surface area contributed by atoms with Crippen molar-refractivity contribution in [2.24, 2.45) is 5.10 Å². The number of ketones is 1. The minimum atomic E-state index is 0.137. The SMILES string of the molecule is CC(=O)CN1[C+]=NN(C)C1. The van der Waals surface area contributed by atoms with Crippen molar-refractivity contribution in [2.75, 3.05) is 20.3 Å². The van der Waals surface area contributed by atoms with Gasteiger partial charge in [-0.05, 0) is 6.92 Å². The molecule has 54 valence electrons. The number of rotatable bonds is 2. The van der Waals surface area contributed by atoms with Crippen LogP contribution in [0.1, 0.15) is 6.92 Å². The van der Waals surface area contributed by atoms with Crippen molar-refractivity contribution >= 4 is 12.1 Å². The maximum atomic E-state index is 10.6. The zero-order valence-corrected chi connectivity index (χ0v) is 6.16. The van der Waals surface area contributed by atoms with Crippen LogP contribution in [0.2, 0.25) is 0 Å². The van der Waals surface area contributed by atoms with E-state index in [-0.39, 0.29) is 5.78 Å². The van der Waals surface area contributed by atoms with Crippen LogP contribution in [-0.4, -0.2) is 42.3 Å². The van der Waals surface area contributed by atoms with E-state index in [1.807, 2.05) is 7.05 Å². The van der Waals surface area contributed by atoms with Crippen LogP contribution in [0.5, 0.6) is 0 Å². The van der Waals surface area contributed by atoms with Gasteiger partial charge in [0.15, 0.2) is 12.5 Å². The smallest absolute Gasteiger partial charge is 0.298 e. The van der Waals surface area contributed by atoms with Gasteiger partial charge < -0.3 is 0 Å². The molecule has 4 heteroatoms. The summed E-state index contributed by atoms with van der Waals surface area (Å²) in [6.07, 6.45) is 2.70. The Labute approximate surface area is 60.1 Å². The lowest BCUT2D eigenvalue weighted by atomic mass is 10.4. The van der Waals surface area contributed by atoms with Crippen molar-refractivity contribution < 1.29 is 4.79 Å². The predicted octanol–water partition coefficient (Wildman–Crippen LogP) is -0.399. The van der Waals surface area contributed by atoms with Gasteiger partial charge in [-0.2, -0.15) is 0 Å². The quantitative estimate of drug-likeness (QED) is 0.490. The molecule has 0 spiro atoms. The maximum Gasteiger partial charge on any atom is 0.544 e. The molecule has 4 nitrogen and oxygen atoms in total. The molecule has 0 aromatic heterocycles. The third-order valence-corrected chi connectivity index (χ3v) is 1.15. The minimum absolute atomic E-state index is 0.137. The highest BCUT2D eigenvalue weighted by molar-refractivity contribution is 5.80. The summed E-state index contributed by atoms with van der Waals surface area (Å²) in [5.41, 5.74) is 0. The van der Waals surface area contributed by atoms with E-state index in [0.717, 1.165) is 0 Å². The zero-order valence-electron chi connectivity index (χ0n) is 6.16. The van der Waals surface area contributed by atoms with Gasteiger partial charge in [-0.25, -0.2) is 5.01 Å². The molecular formula is C6H10N3O+. The van der Waals surface area contributed by atoms with Crippen molar-refractivity contribution in [1.29, 1.82) is 0 Å². The molecule has 1 aliphatic rings. The molecule has 0 saturated carbocycles. The second-order valence-corrected chi connectivity index (χ2v) is 2.40. The Hall–Kier alpha value is -1.15. The largest absolute Gasteiger partial charge is 0.544 e. The standard InChI is InChI=1S/C6H10N3O/c1-6(10)3-9-4-7-8(2)5-9/h3,5H2,1-2H3/q+1. The van der Waals surface area contributed by atoms with Gasteiger partial charge in [0.25, 0.3) is 0 Å². The number of hydrogen-bond donors (Lipinski definition) is 0. The van der Waals surface area contributed by atoms with Crippen LogP contribution in [0.3, 0.4) is 0 Å². The molecule has 0 N–H and O–H groups in total. The molecule has 0 amide bonds. The van der Waals surface area contributed by atoms with Crippen molar-refractivity contribution in [1.82, 2.24) is 9.91 Å². The monoisotopic (exact) mass is 140 g/mol. The Morgan fingerprint density at radius 1 is 1.80 bits per heavy atom. The van der Waals surface area contributed by atoms with E-state index in [1.165, 1.54) is 0 Å². The highest BCUT2D eigenvalue weighted by Gasteiger charge is 2.25. The topological polar surface area (TPSA) is 35.9 Å². The fourth-order valence-corrected chi connectivity index (χ4v) is 0.804. The molecule has 0 aromatic carbocycles. The van der Waals surface area contributed by atoms with Crippen LogP contribution >= 0.6 is 0 Å². The van der Waals surface area contributed by atoms with Gasteiger partial charge in [0.1, 0.15) is 11.6 Å². The van der Waals surface area contributed by atoms with E-state index in [1.54, 1.807) is 16.8 Å². The lowest BCUT2D eigenvalue weighted by molar-refractivity contribution is -0.117. The van der Waals surface area contributed by atoms with Crippen LogP contribution in [0.4, 0.5) is 0 Å². The van der Waals surface area contributed by atoms with E-state index in [0.29, 0.717) is 13.2 Å². The Morgan fingerprint density at radius 3 is 2.90 bits per heavy atom. The van der Waals surface area contributed by atoms with E-state index in [2.05, 4.69) is 11.4 Å². The first-order valence-electron chi connectivity index (χ1n) is 3.10. The lowest BCUT2D eigenvalue weighted by Crippen LogP contribution is -2.28. The molecule has 0 radical (unpaired) electrons. The van der Waals surface area contributed by atoms with Gasteiger partial charge in [0, 0.05) is 7.05 Å². The molecule has 0 saturated heterocycles. The van der Waals surface area contributed by atoms with Crippen LogP contribution in [0.15, 0.2) is 5.10 Å². The summed E-state index contributed by atoms with van der Waals surface area (Å²) in [6.45, 7) is 2.63. The number of hydrogen-bond acceptors (Lipinski definition) is 4. The maximum absolute atomic E-state index is 10.6. The van der Waals surface area contributed by atoms with Crippen LogP contribution in [0.25, 0.3) is 0 Å². The molecule has 1 aliphatic heterocycles. The van der Waals surface area contributed by atoms with Crippen molar-refractivity contribution in [3.63, 3.8) is 0 Å². The van der Waals surface area contributed by atoms with E-state index < -0.39 is 0 Å². The molecule has 10 heavy (non-hydrogen) atoms. The van der Waals surface area contributed by atoms with E-state index in [4.69, 9.17) is 0 Å². The molecule has 0 aliphatic carbocycles. The average Bonchev–Trinajstić information content (AvgIpc) is 2.13. The first-order chi connectivity index (χ1) is 4.68. The van der Waals surface area contributed by atoms with Crippen molar-refractivity contribution in [3.8, 4) is 0 Å². The Kier molecular flexibility index (Phi) is 1.83. The number of nitrogens with zero attached hydrogens (tertiary/aromatic N) is 3. The van der Waals surface area contributed by atoms with Gasteiger partial charge in [-0.3, -0.25) is 4.79 Å². The minimum Gasteiger partial charge on any atom is -0.298 e. The Morgan fingerprint density at radius 2 is 2.50 bits per heavy atom. The second kappa shape index (κ2) is 2.62. The summed E-state index contributed by atoms with van der Waals surface area (Å²) >= 11 is 0. The number of Topliss-reactive ketones (excluding diaryl/α,β-unsaturated/α-hetero) is 1. The summed E-state index contributed by atoms with van der Waals surface area (Å²) in [6, 6.07) is 0. The summed E-state index contributed by atoms with van der Waals surface area (Å²) in [5.74, 6) is 0.137. The Balaban J connectivity index is 2.33. The van der Waals surface area contributed by atoms with Gasteiger partial charge in [0.05, 0.1) is 0 Å². The van der Waals surface area contributed by atoms with E-state index >= 15 is 0 Å². The molecular weight excluding hydrogens is 130 g/mol. The van der Waals surface area contributed by atoms with Crippen LogP contribution < -0.4 is 0 Å². The third kappa shape index (κ3) is 1.67. The van der Waals surface area contributed by atoms with Crippen LogP contribution in [-0.2, 0) is 4.79 Å². The van der Waals surface area contributed by atoms with Crippen molar-refractivity contribution in [2.45, 2.75) is 6.92 Å². The summed E-state index contributed by atoms with van der Waals surface area (Å²) in [5, 5.41) is 5.55. The molecule has 1 heterocycles. The number of hydrazone groups is 1. The molecule has 0 unspecified atom stereocenters. The first kappa shape index (κ1) is 6.96. The summed E-state index contributed by atoms with van der Waals surface area (Å²) < 4.78 is 0. The summed E-state index contributed by atoms with van der Waals surface area (Å²) in [7, 11) is 1.84. The lowest BCUT2D eigenvalue weighted by Gasteiger charge is -2.02. The number of carbonyl (C=O) groups excluding carboxylic acids is 1. The van der Waals surface area contributed by atoms with Crippen molar-refractivity contribution in [3.05, 3.63) is 0 Å². The fourth-order valence-electron chi connectivity index (χ4n) is 0.804.